The Bertz CT molecular complexity index is 932. The zero-order valence-corrected chi connectivity index (χ0v) is 18.9. The number of carbonyl (C=O) groups is 1. The minimum Gasteiger partial charge on any atom is -0.352 e. The molecule has 30 heavy (non-hydrogen) atoms. The molecule has 1 saturated carbocycles. The zero-order chi connectivity index (χ0) is 20.8. The van der Waals surface area contributed by atoms with Gasteiger partial charge in [0, 0.05) is 6.04 Å². The molecule has 0 saturated heterocycles. The summed E-state index contributed by atoms with van der Waals surface area (Å²) in [5.74, 6) is 0.951. The minimum atomic E-state index is -0.219. The number of nitrogens with zero attached hydrogens (tertiary/aromatic N) is 3. The Kier molecular flexibility index (Phi) is 7.23. The summed E-state index contributed by atoms with van der Waals surface area (Å²) in [5, 5.41) is 14.8. The maximum Gasteiger partial charge on any atom is 0.233 e. The lowest BCUT2D eigenvalue weighted by atomic mass is 10.1. The van der Waals surface area contributed by atoms with Gasteiger partial charge in [-0.3, -0.25) is 9.36 Å². The van der Waals surface area contributed by atoms with Crippen LogP contribution in [0.15, 0.2) is 53.0 Å². The van der Waals surface area contributed by atoms with Crippen LogP contribution in [-0.4, -0.2) is 32.0 Å². The molecule has 0 aliphatic heterocycles. The smallest absolute Gasteiger partial charge is 0.233 e. The van der Waals surface area contributed by atoms with Gasteiger partial charge >= 0.3 is 0 Å². The molecule has 1 N–H and O–H groups in total. The average Bonchev–Trinajstić information content (AvgIpc) is 3.34. The van der Waals surface area contributed by atoms with E-state index in [1.807, 2.05) is 36.6 Å². The van der Waals surface area contributed by atoms with E-state index in [2.05, 4.69) is 38.3 Å². The van der Waals surface area contributed by atoms with Gasteiger partial charge < -0.3 is 5.32 Å². The SMILES string of the molecule is CC(Sc1nnc(-c2cccs2)n1Cc1ccccc1)C(=O)NC1CCCCCC1. The zero-order valence-electron chi connectivity index (χ0n) is 17.3. The largest absolute Gasteiger partial charge is 0.352 e. The number of aromatic nitrogens is 3. The van der Waals surface area contributed by atoms with Crippen molar-refractivity contribution in [3.63, 3.8) is 0 Å². The van der Waals surface area contributed by atoms with E-state index in [0.717, 1.165) is 28.7 Å². The van der Waals surface area contributed by atoms with E-state index in [4.69, 9.17) is 0 Å². The van der Waals surface area contributed by atoms with Crippen LogP contribution in [0.2, 0.25) is 0 Å². The minimum absolute atomic E-state index is 0.0961. The van der Waals surface area contributed by atoms with Crippen molar-refractivity contribution in [1.82, 2.24) is 20.1 Å². The van der Waals surface area contributed by atoms with E-state index < -0.39 is 0 Å². The van der Waals surface area contributed by atoms with Crippen LogP contribution in [0.1, 0.15) is 51.0 Å². The topological polar surface area (TPSA) is 59.8 Å². The molecule has 2 aromatic heterocycles. The fraction of sp³-hybridized carbons (Fsp3) is 0.435. The lowest BCUT2D eigenvalue weighted by Crippen LogP contribution is -2.39. The highest BCUT2D eigenvalue weighted by Gasteiger charge is 2.23. The summed E-state index contributed by atoms with van der Waals surface area (Å²) >= 11 is 3.14. The van der Waals surface area contributed by atoms with Gasteiger partial charge in [-0.1, -0.05) is 73.8 Å². The molecule has 0 bridgehead atoms. The van der Waals surface area contributed by atoms with E-state index >= 15 is 0 Å². The Morgan fingerprint density at radius 3 is 2.60 bits per heavy atom. The van der Waals surface area contributed by atoms with Crippen LogP contribution in [0.4, 0.5) is 0 Å². The maximum atomic E-state index is 12.8. The van der Waals surface area contributed by atoms with E-state index in [-0.39, 0.29) is 11.2 Å². The third-order valence-corrected chi connectivity index (χ3v) is 7.44. The summed E-state index contributed by atoms with van der Waals surface area (Å²) in [6, 6.07) is 14.7. The molecule has 1 aliphatic rings. The second kappa shape index (κ2) is 10.3. The number of benzene rings is 1. The van der Waals surface area contributed by atoms with Crippen molar-refractivity contribution < 1.29 is 4.79 Å². The summed E-state index contributed by atoms with van der Waals surface area (Å²) < 4.78 is 2.13. The Labute approximate surface area is 186 Å². The van der Waals surface area contributed by atoms with Crippen molar-refractivity contribution in [3.8, 4) is 10.7 Å². The van der Waals surface area contributed by atoms with Crippen molar-refractivity contribution in [2.24, 2.45) is 0 Å². The number of hydrogen-bond donors (Lipinski definition) is 1. The van der Waals surface area contributed by atoms with Gasteiger partial charge in [0.05, 0.1) is 16.7 Å². The van der Waals surface area contributed by atoms with Crippen LogP contribution in [0.5, 0.6) is 0 Å². The summed E-state index contributed by atoms with van der Waals surface area (Å²) in [4.78, 5) is 13.9. The van der Waals surface area contributed by atoms with Gasteiger partial charge in [0.1, 0.15) is 0 Å². The standard InChI is InChI=1S/C23H28N4OS2/c1-17(22(28)24-19-12-7-2-3-8-13-19)30-23-26-25-21(20-14-9-15-29-20)27(23)16-18-10-5-4-6-11-18/h4-6,9-11,14-15,17,19H,2-3,7-8,12-13,16H2,1H3,(H,24,28). The lowest BCUT2D eigenvalue weighted by Gasteiger charge is -2.19. The van der Waals surface area contributed by atoms with Crippen molar-refractivity contribution in [2.75, 3.05) is 0 Å². The second-order valence-corrected chi connectivity index (χ2v) is 10.1. The monoisotopic (exact) mass is 440 g/mol. The molecule has 1 aliphatic carbocycles. The quantitative estimate of drug-likeness (QED) is 0.396. The number of carbonyl (C=O) groups excluding carboxylic acids is 1. The van der Waals surface area contributed by atoms with Gasteiger partial charge in [0.2, 0.25) is 5.91 Å². The molecule has 4 rings (SSSR count). The first-order valence-electron chi connectivity index (χ1n) is 10.7. The molecule has 1 fully saturated rings. The third-order valence-electron chi connectivity index (χ3n) is 5.49. The summed E-state index contributed by atoms with van der Waals surface area (Å²) in [6.45, 7) is 2.64. The van der Waals surface area contributed by atoms with Crippen LogP contribution < -0.4 is 5.32 Å². The first kappa shape index (κ1) is 21.1. The summed E-state index contributed by atoms with van der Waals surface area (Å²) in [7, 11) is 0. The molecule has 7 heteroatoms. The number of hydrogen-bond acceptors (Lipinski definition) is 5. The molecule has 0 spiro atoms. The Balaban J connectivity index is 1.50. The number of rotatable bonds is 7. The Hall–Kier alpha value is -2.12. The highest BCUT2D eigenvalue weighted by molar-refractivity contribution is 8.00. The second-order valence-electron chi connectivity index (χ2n) is 7.81. The van der Waals surface area contributed by atoms with Crippen LogP contribution in [-0.2, 0) is 11.3 Å². The Morgan fingerprint density at radius 1 is 1.13 bits per heavy atom. The van der Waals surface area contributed by atoms with Gasteiger partial charge in [0.15, 0.2) is 11.0 Å². The predicted molar refractivity (Wildman–Crippen MR) is 124 cm³/mol. The van der Waals surface area contributed by atoms with Gasteiger partial charge in [-0.05, 0) is 36.8 Å². The van der Waals surface area contributed by atoms with Gasteiger partial charge in [0.25, 0.3) is 0 Å². The molecule has 5 nitrogen and oxygen atoms in total. The fourth-order valence-electron chi connectivity index (χ4n) is 3.83. The molecule has 2 heterocycles. The third kappa shape index (κ3) is 5.32. The van der Waals surface area contributed by atoms with Crippen molar-refractivity contribution in [1.29, 1.82) is 0 Å². The predicted octanol–water partition coefficient (Wildman–Crippen LogP) is 5.37. The lowest BCUT2D eigenvalue weighted by molar-refractivity contribution is -0.121. The molecule has 0 radical (unpaired) electrons. The summed E-state index contributed by atoms with van der Waals surface area (Å²) in [6.07, 6.45) is 7.17. The molecule has 1 atom stereocenters. The maximum absolute atomic E-state index is 12.8. The van der Waals surface area contributed by atoms with Crippen LogP contribution in [0.25, 0.3) is 10.7 Å². The van der Waals surface area contributed by atoms with Gasteiger partial charge in [-0.25, -0.2) is 0 Å². The van der Waals surface area contributed by atoms with Crippen molar-refractivity contribution in [3.05, 3.63) is 53.4 Å². The normalized spacial score (nSPS) is 16.2. The molecule has 158 valence electrons. The summed E-state index contributed by atoms with van der Waals surface area (Å²) in [5.41, 5.74) is 1.19. The first-order chi connectivity index (χ1) is 14.7. The highest BCUT2D eigenvalue weighted by atomic mass is 32.2. The molecular weight excluding hydrogens is 412 g/mol. The highest BCUT2D eigenvalue weighted by Crippen LogP contribution is 2.30. The van der Waals surface area contributed by atoms with Crippen molar-refractivity contribution >= 4 is 29.0 Å². The molecular formula is C23H28N4OS2. The van der Waals surface area contributed by atoms with Crippen LogP contribution in [0, 0.1) is 0 Å². The average molecular weight is 441 g/mol. The first-order valence-corrected chi connectivity index (χ1v) is 12.4. The molecule has 1 amide bonds. The number of thiophene rings is 1. The van der Waals surface area contributed by atoms with Gasteiger partial charge in [-0.15, -0.1) is 21.5 Å². The van der Waals surface area contributed by atoms with Gasteiger partial charge in [-0.2, -0.15) is 0 Å². The number of nitrogens with one attached hydrogen (secondary N) is 1. The van der Waals surface area contributed by atoms with E-state index in [0.29, 0.717) is 12.6 Å². The van der Waals surface area contributed by atoms with E-state index in [9.17, 15) is 4.79 Å². The van der Waals surface area contributed by atoms with Crippen LogP contribution in [0.3, 0.4) is 0 Å². The molecule has 1 unspecified atom stereocenters. The number of amides is 1. The molecule has 1 aromatic carbocycles. The Morgan fingerprint density at radius 2 is 1.90 bits per heavy atom. The molecule has 3 aromatic rings. The fourth-order valence-corrected chi connectivity index (χ4v) is 5.40. The number of thioether (sulfide) groups is 1. The van der Waals surface area contributed by atoms with E-state index in [1.165, 1.54) is 43.0 Å². The van der Waals surface area contributed by atoms with Crippen molar-refractivity contribution in [2.45, 2.75) is 68.4 Å². The van der Waals surface area contributed by atoms with E-state index in [1.54, 1.807) is 11.3 Å². The van der Waals surface area contributed by atoms with Crippen LogP contribution >= 0.6 is 23.1 Å².